The van der Waals surface area contributed by atoms with E-state index in [9.17, 15) is 19.7 Å². The molecule has 1 heterocycles. The normalized spacial score (nSPS) is 30.9. The van der Waals surface area contributed by atoms with Crippen LogP contribution in [0.3, 0.4) is 0 Å². The van der Waals surface area contributed by atoms with Gasteiger partial charge >= 0.3 is 0 Å². The van der Waals surface area contributed by atoms with Crippen molar-refractivity contribution >= 4 is 23.2 Å². The van der Waals surface area contributed by atoms with Gasteiger partial charge in [0.25, 0.3) is 5.69 Å². The molecule has 4 rings (SSSR count). The molecule has 2 bridgehead atoms. The number of carbonyl (C=O) groups is 2. The first-order valence-corrected chi connectivity index (χ1v) is 7.41. The number of anilines is 1. The Kier molecular flexibility index (Phi) is 2.81. The van der Waals surface area contributed by atoms with Crippen molar-refractivity contribution in [2.45, 2.75) is 6.42 Å². The standard InChI is InChI=1S/C16H14N2O5/c1-23-10-4-5-11(12(7-10)18(21)22)17-15(19)13-8-2-3-9(6-8)14(13)16(17)20/h2-5,7-9,13-14H,6H2,1H3/t8-,9+,13-,14+. The van der Waals surface area contributed by atoms with Gasteiger partial charge in [-0.25, -0.2) is 4.90 Å². The number of hydrogen-bond donors (Lipinski definition) is 0. The first-order chi connectivity index (χ1) is 11.0. The minimum Gasteiger partial charge on any atom is -0.496 e. The summed E-state index contributed by atoms with van der Waals surface area (Å²) in [6.07, 6.45) is 4.80. The molecule has 2 aliphatic carbocycles. The smallest absolute Gasteiger partial charge is 0.297 e. The molecule has 7 nitrogen and oxygen atoms in total. The van der Waals surface area contributed by atoms with Gasteiger partial charge in [-0.1, -0.05) is 12.2 Å². The molecule has 7 heteroatoms. The van der Waals surface area contributed by atoms with Crippen LogP contribution in [0.4, 0.5) is 11.4 Å². The van der Waals surface area contributed by atoms with Crippen LogP contribution in [0.25, 0.3) is 0 Å². The summed E-state index contributed by atoms with van der Waals surface area (Å²) >= 11 is 0. The second-order valence-electron chi connectivity index (χ2n) is 6.12. The van der Waals surface area contributed by atoms with E-state index in [1.807, 2.05) is 12.2 Å². The molecule has 1 saturated carbocycles. The fourth-order valence-corrected chi connectivity index (χ4v) is 4.11. The molecule has 0 unspecified atom stereocenters. The van der Waals surface area contributed by atoms with Gasteiger partial charge in [0.2, 0.25) is 11.8 Å². The number of allylic oxidation sites excluding steroid dienone is 2. The van der Waals surface area contributed by atoms with E-state index in [0.717, 1.165) is 11.3 Å². The van der Waals surface area contributed by atoms with Crippen molar-refractivity contribution in [3.8, 4) is 5.75 Å². The number of carbonyl (C=O) groups excluding carboxylic acids is 2. The Balaban J connectivity index is 1.79. The zero-order valence-electron chi connectivity index (χ0n) is 12.3. The highest BCUT2D eigenvalue weighted by molar-refractivity contribution is 6.23. The lowest BCUT2D eigenvalue weighted by Gasteiger charge is -2.17. The number of nitro groups is 1. The maximum Gasteiger partial charge on any atom is 0.297 e. The fraction of sp³-hybridized carbons (Fsp3) is 0.375. The average molecular weight is 314 g/mol. The molecule has 1 aliphatic heterocycles. The Hall–Kier alpha value is -2.70. The van der Waals surface area contributed by atoms with Gasteiger partial charge in [0, 0.05) is 0 Å². The Labute approximate surface area is 131 Å². The maximum atomic E-state index is 12.7. The van der Waals surface area contributed by atoms with Crippen LogP contribution in [0.2, 0.25) is 0 Å². The molecule has 23 heavy (non-hydrogen) atoms. The highest BCUT2D eigenvalue weighted by Crippen LogP contribution is 2.54. The van der Waals surface area contributed by atoms with Crippen molar-refractivity contribution in [3.05, 3.63) is 40.5 Å². The maximum absolute atomic E-state index is 12.7. The largest absolute Gasteiger partial charge is 0.496 e. The third kappa shape index (κ3) is 1.76. The number of rotatable bonds is 3. The van der Waals surface area contributed by atoms with Crippen LogP contribution >= 0.6 is 0 Å². The number of ether oxygens (including phenoxy) is 1. The summed E-state index contributed by atoms with van der Waals surface area (Å²) in [6.45, 7) is 0. The van der Waals surface area contributed by atoms with Crippen LogP contribution in [0.1, 0.15) is 6.42 Å². The van der Waals surface area contributed by atoms with Gasteiger partial charge in [-0.15, -0.1) is 0 Å². The lowest BCUT2D eigenvalue weighted by atomic mass is 9.85. The lowest BCUT2D eigenvalue weighted by Crippen LogP contribution is -2.33. The molecule has 1 saturated heterocycles. The van der Waals surface area contributed by atoms with E-state index in [1.165, 1.54) is 25.3 Å². The predicted molar refractivity (Wildman–Crippen MR) is 79.9 cm³/mol. The molecule has 4 atom stereocenters. The Morgan fingerprint density at radius 1 is 1.17 bits per heavy atom. The summed E-state index contributed by atoms with van der Waals surface area (Å²) in [6, 6.07) is 4.16. The number of hydrogen-bond acceptors (Lipinski definition) is 5. The van der Waals surface area contributed by atoms with Gasteiger partial charge in [-0.3, -0.25) is 19.7 Å². The van der Waals surface area contributed by atoms with Crippen LogP contribution in [-0.2, 0) is 9.59 Å². The Morgan fingerprint density at radius 3 is 2.30 bits per heavy atom. The Bertz CT molecular complexity index is 742. The van der Waals surface area contributed by atoms with Crippen LogP contribution in [0.15, 0.2) is 30.4 Å². The first kappa shape index (κ1) is 13.9. The molecular formula is C16H14N2O5. The molecule has 0 spiro atoms. The molecule has 0 N–H and O–H groups in total. The molecule has 2 fully saturated rings. The van der Waals surface area contributed by atoms with E-state index >= 15 is 0 Å². The minimum absolute atomic E-state index is 0.0274. The highest BCUT2D eigenvalue weighted by atomic mass is 16.6. The molecule has 2 amide bonds. The van der Waals surface area contributed by atoms with Crippen molar-refractivity contribution in [3.63, 3.8) is 0 Å². The fourth-order valence-electron chi connectivity index (χ4n) is 4.11. The van der Waals surface area contributed by atoms with Gasteiger partial charge in [-0.05, 0) is 30.4 Å². The molecule has 1 aromatic rings. The summed E-state index contributed by atoms with van der Waals surface area (Å²) in [5, 5.41) is 11.3. The van der Waals surface area contributed by atoms with Crippen molar-refractivity contribution in [1.82, 2.24) is 0 Å². The summed E-state index contributed by atoms with van der Waals surface area (Å²) in [5.41, 5.74) is -0.272. The summed E-state index contributed by atoms with van der Waals surface area (Å²) in [4.78, 5) is 37.2. The number of amides is 2. The van der Waals surface area contributed by atoms with Gasteiger partial charge in [-0.2, -0.15) is 0 Å². The molecule has 118 valence electrons. The van der Waals surface area contributed by atoms with Gasteiger partial charge in [0.15, 0.2) is 0 Å². The van der Waals surface area contributed by atoms with E-state index in [2.05, 4.69) is 0 Å². The van der Waals surface area contributed by atoms with Crippen LogP contribution in [-0.4, -0.2) is 23.8 Å². The van der Waals surface area contributed by atoms with Gasteiger partial charge in [0.1, 0.15) is 11.4 Å². The molecular weight excluding hydrogens is 300 g/mol. The number of nitro benzene ring substituents is 1. The summed E-state index contributed by atoms with van der Waals surface area (Å²) in [7, 11) is 1.40. The second kappa shape index (κ2) is 4.65. The van der Waals surface area contributed by atoms with E-state index in [0.29, 0.717) is 5.75 Å². The Morgan fingerprint density at radius 2 is 1.78 bits per heavy atom. The SMILES string of the molecule is COc1ccc(N2C(=O)[C@@H]3[C@H](C2=O)[C@@H]2C=C[C@H]3C2)c([N+](=O)[O-])c1. The number of fused-ring (bicyclic) bond motifs is 5. The van der Waals surface area contributed by atoms with Gasteiger partial charge in [0.05, 0.1) is 29.9 Å². The van der Waals surface area contributed by atoms with Crippen molar-refractivity contribution in [2.75, 3.05) is 12.0 Å². The van der Waals surface area contributed by atoms with Crippen LogP contribution in [0, 0.1) is 33.8 Å². The number of nitrogens with zero attached hydrogens (tertiary/aromatic N) is 2. The third-order valence-electron chi connectivity index (χ3n) is 5.09. The summed E-state index contributed by atoms with van der Waals surface area (Å²) in [5.74, 6) is -0.956. The zero-order valence-corrected chi connectivity index (χ0v) is 12.3. The average Bonchev–Trinajstić information content (AvgIpc) is 3.21. The van der Waals surface area contributed by atoms with Gasteiger partial charge < -0.3 is 4.74 Å². The molecule has 1 aromatic carbocycles. The highest BCUT2D eigenvalue weighted by Gasteiger charge is 2.60. The number of imide groups is 1. The molecule has 0 aromatic heterocycles. The number of methoxy groups -OCH3 is 1. The quantitative estimate of drug-likeness (QED) is 0.368. The van der Waals surface area contributed by atoms with Crippen LogP contribution in [0.5, 0.6) is 5.75 Å². The van der Waals surface area contributed by atoms with Crippen molar-refractivity contribution in [2.24, 2.45) is 23.7 Å². The van der Waals surface area contributed by atoms with E-state index in [4.69, 9.17) is 4.74 Å². The van der Waals surface area contributed by atoms with E-state index in [1.54, 1.807) is 0 Å². The summed E-state index contributed by atoms with van der Waals surface area (Å²) < 4.78 is 4.99. The minimum atomic E-state index is -0.598. The van der Waals surface area contributed by atoms with Crippen molar-refractivity contribution in [1.29, 1.82) is 0 Å². The third-order valence-corrected chi connectivity index (χ3v) is 5.09. The lowest BCUT2D eigenvalue weighted by molar-refractivity contribution is -0.384. The number of benzene rings is 1. The van der Waals surface area contributed by atoms with Crippen molar-refractivity contribution < 1.29 is 19.2 Å². The monoisotopic (exact) mass is 314 g/mol. The predicted octanol–water partition coefficient (Wildman–Crippen LogP) is 1.91. The van der Waals surface area contributed by atoms with E-state index in [-0.39, 0.29) is 46.9 Å². The molecule has 0 radical (unpaired) electrons. The van der Waals surface area contributed by atoms with E-state index < -0.39 is 4.92 Å². The van der Waals surface area contributed by atoms with Crippen LogP contribution < -0.4 is 9.64 Å². The topological polar surface area (TPSA) is 89.8 Å². The molecule has 3 aliphatic rings. The second-order valence-corrected chi connectivity index (χ2v) is 6.12. The zero-order chi connectivity index (χ0) is 16.3. The first-order valence-electron chi connectivity index (χ1n) is 7.41.